The molecule has 112 valence electrons. The lowest BCUT2D eigenvalue weighted by Gasteiger charge is -2.15. The Morgan fingerprint density at radius 1 is 1.24 bits per heavy atom. The third kappa shape index (κ3) is 4.38. The highest BCUT2D eigenvalue weighted by Gasteiger charge is 2.07. The van der Waals surface area contributed by atoms with Gasteiger partial charge in [-0.2, -0.15) is 0 Å². The second-order valence-electron chi connectivity index (χ2n) is 4.89. The number of rotatable bonds is 6. The van der Waals surface area contributed by atoms with Crippen LogP contribution in [0.4, 0.5) is 0 Å². The summed E-state index contributed by atoms with van der Waals surface area (Å²) >= 11 is 6.01. The summed E-state index contributed by atoms with van der Waals surface area (Å²) in [6.45, 7) is 5.21. The van der Waals surface area contributed by atoms with Gasteiger partial charge in [0, 0.05) is 17.6 Å². The summed E-state index contributed by atoms with van der Waals surface area (Å²) in [6.07, 6.45) is 0. The molecule has 0 aliphatic rings. The molecule has 0 heterocycles. The second-order valence-corrected chi connectivity index (χ2v) is 5.33. The molecule has 0 amide bonds. The van der Waals surface area contributed by atoms with Gasteiger partial charge in [-0.3, -0.25) is 0 Å². The van der Waals surface area contributed by atoms with Crippen LogP contribution in [0.15, 0.2) is 42.5 Å². The minimum absolute atomic E-state index is 0.170. The quantitative estimate of drug-likeness (QED) is 0.836. The molecule has 2 rings (SSSR count). The number of benzene rings is 2. The van der Waals surface area contributed by atoms with Crippen molar-refractivity contribution < 1.29 is 9.84 Å². The van der Waals surface area contributed by atoms with Crippen molar-refractivity contribution >= 4 is 11.6 Å². The van der Waals surface area contributed by atoms with Gasteiger partial charge < -0.3 is 15.2 Å². The monoisotopic (exact) mass is 305 g/mol. The summed E-state index contributed by atoms with van der Waals surface area (Å²) in [6, 6.07) is 13.4. The van der Waals surface area contributed by atoms with Crippen LogP contribution >= 0.6 is 11.6 Å². The van der Waals surface area contributed by atoms with Crippen molar-refractivity contribution in [1.29, 1.82) is 0 Å². The number of halogens is 1. The standard InChI is InChI=1S/C17H20ClNO2/c1-3-21-17-9-13(7-8-16(17)20)11-19-12(2)14-5-4-6-15(18)10-14/h4-10,12,19-20H,3,11H2,1-2H3/t12-/m0/s1. The molecule has 1 atom stereocenters. The number of hydrogen-bond acceptors (Lipinski definition) is 3. The lowest BCUT2D eigenvalue weighted by Crippen LogP contribution is -2.18. The van der Waals surface area contributed by atoms with Crippen molar-refractivity contribution in [3.63, 3.8) is 0 Å². The van der Waals surface area contributed by atoms with Gasteiger partial charge in [-0.15, -0.1) is 0 Å². The van der Waals surface area contributed by atoms with Gasteiger partial charge in [-0.25, -0.2) is 0 Å². The van der Waals surface area contributed by atoms with E-state index in [2.05, 4.69) is 12.2 Å². The van der Waals surface area contributed by atoms with E-state index in [1.54, 1.807) is 6.07 Å². The average Bonchev–Trinajstić information content (AvgIpc) is 2.48. The number of hydrogen-bond donors (Lipinski definition) is 2. The minimum atomic E-state index is 0.170. The zero-order chi connectivity index (χ0) is 15.2. The predicted octanol–water partition coefficient (Wildman–Crippen LogP) is 4.30. The maximum atomic E-state index is 9.69. The summed E-state index contributed by atoms with van der Waals surface area (Å²) in [5.41, 5.74) is 2.21. The molecule has 0 aromatic heterocycles. The van der Waals surface area contributed by atoms with E-state index in [-0.39, 0.29) is 11.8 Å². The van der Waals surface area contributed by atoms with Crippen molar-refractivity contribution in [2.75, 3.05) is 6.61 Å². The predicted molar refractivity (Wildman–Crippen MR) is 86.0 cm³/mol. The molecule has 0 fully saturated rings. The van der Waals surface area contributed by atoms with Gasteiger partial charge in [0.2, 0.25) is 0 Å². The molecule has 0 aliphatic heterocycles. The van der Waals surface area contributed by atoms with E-state index in [9.17, 15) is 5.11 Å². The molecule has 0 saturated carbocycles. The number of nitrogens with one attached hydrogen (secondary N) is 1. The smallest absolute Gasteiger partial charge is 0.161 e. The highest BCUT2D eigenvalue weighted by molar-refractivity contribution is 6.30. The van der Waals surface area contributed by atoms with Gasteiger partial charge in [-0.05, 0) is 49.2 Å². The van der Waals surface area contributed by atoms with Crippen LogP contribution < -0.4 is 10.1 Å². The van der Waals surface area contributed by atoms with Crippen molar-refractivity contribution in [2.24, 2.45) is 0 Å². The molecule has 2 aromatic carbocycles. The second kappa shape index (κ2) is 7.34. The van der Waals surface area contributed by atoms with Crippen molar-refractivity contribution in [2.45, 2.75) is 26.4 Å². The maximum absolute atomic E-state index is 9.69. The molecule has 0 saturated heterocycles. The van der Waals surface area contributed by atoms with Crippen LogP contribution in [0.3, 0.4) is 0 Å². The average molecular weight is 306 g/mol. The summed E-state index contributed by atoms with van der Waals surface area (Å²) in [7, 11) is 0. The fourth-order valence-electron chi connectivity index (χ4n) is 2.10. The first-order valence-corrected chi connectivity index (χ1v) is 7.41. The SMILES string of the molecule is CCOc1cc(CN[C@@H](C)c2cccc(Cl)c2)ccc1O. The first-order valence-electron chi connectivity index (χ1n) is 7.03. The van der Waals surface area contributed by atoms with E-state index < -0.39 is 0 Å². The largest absolute Gasteiger partial charge is 0.504 e. The van der Waals surface area contributed by atoms with Crippen LogP contribution in [0.25, 0.3) is 0 Å². The molecule has 0 bridgehead atoms. The summed E-state index contributed by atoms with van der Waals surface area (Å²) < 4.78 is 5.39. The van der Waals surface area contributed by atoms with E-state index in [1.165, 1.54) is 0 Å². The van der Waals surface area contributed by atoms with Crippen LogP contribution in [-0.4, -0.2) is 11.7 Å². The van der Waals surface area contributed by atoms with Gasteiger partial charge in [-0.1, -0.05) is 29.8 Å². The molecule has 0 unspecified atom stereocenters. The Kier molecular flexibility index (Phi) is 5.48. The molecule has 0 aliphatic carbocycles. The number of phenolic OH excluding ortho intramolecular Hbond substituents is 1. The lowest BCUT2D eigenvalue weighted by atomic mass is 10.1. The Labute approximate surface area is 130 Å². The highest BCUT2D eigenvalue weighted by Crippen LogP contribution is 2.27. The van der Waals surface area contributed by atoms with Crippen LogP contribution in [-0.2, 0) is 6.54 Å². The fourth-order valence-corrected chi connectivity index (χ4v) is 2.30. The van der Waals surface area contributed by atoms with E-state index >= 15 is 0 Å². The first kappa shape index (κ1) is 15.7. The Bertz CT molecular complexity index is 601. The normalized spacial score (nSPS) is 12.1. The van der Waals surface area contributed by atoms with E-state index in [0.29, 0.717) is 18.9 Å². The highest BCUT2D eigenvalue weighted by atomic mass is 35.5. The van der Waals surface area contributed by atoms with Gasteiger partial charge in [0.15, 0.2) is 11.5 Å². The zero-order valence-electron chi connectivity index (χ0n) is 12.3. The lowest BCUT2D eigenvalue weighted by molar-refractivity contribution is 0.317. The first-order chi connectivity index (χ1) is 10.1. The molecule has 0 spiro atoms. The van der Waals surface area contributed by atoms with Crippen LogP contribution in [0.1, 0.15) is 31.0 Å². The maximum Gasteiger partial charge on any atom is 0.161 e. The number of aromatic hydroxyl groups is 1. The minimum Gasteiger partial charge on any atom is -0.504 e. The van der Waals surface area contributed by atoms with E-state index in [0.717, 1.165) is 16.1 Å². The zero-order valence-corrected chi connectivity index (χ0v) is 13.0. The van der Waals surface area contributed by atoms with E-state index in [1.807, 2.05) is 43.3 Å². The molecule has 4 heteroatoms. The van der Waals surface area contributed by atoms with Crippen molar-refractivity contribution in [3.8, 4) is 11.5 Å². The molecule has 2 aromatic rings. The van der Waals surface area contributed by atoms with Crippen molar-refractivity contribution in [1.82, 2.24) is 5.32 Å². The molecule has 3 nitrogen and oxygen atoms in total. The summed E-state index contributed by atoms with van der Waals surface area (Å²) in [5.74, 6) is 0.690. The molecule has 0 radical (unpaired) electrons. The number of ether oxygens (including phenoxy) is 1. The third-order valence-electron chi connectivity index (χ3n) is 3.29. The molecule has 21 heavy (non-hydrogen) atoms. The Hall–Kier alpha value is -1.71. The molecule has 2 N–H and O–H groups in total. The Morgan fingerprint density at radius 2 is 2.05 bits per heavy atom. The fraction of sp³-hybridized carbons (Fsp3) is 0.294. The van der Waals surface area contributed by atoms with Crippen LogP contribution in [0.2, 0.25) is 5.02 Å². The van der Waals surface area contributed by atoms with E-state index in [4.69, 9.17) is 16.3 Å². The van der Waals surface area contributed by atoms with Gasteiger partial charge in [0.1, 0.15) is 0 Å². The van der Waals surface area contributed by atoms with Gasteiger partial charge in [0.25, 0.3) is 0 Å². The van der Waals surface area contributed by atoms with Crippen LogP contribution in [0, 0.1) is 0 Å². The van der Waals surface area contributed by atoms with Crippen LogP contribution in [0.5, 0.6) is 11.5 Å². The van der Waals surface area contributed by atoms with Gasteiger partial charge in [0.05, 0.1) is 6.61 Å². The molecular weight excluding hydrogens is 286 g/mol. The summed E-state index contributed by atoms with van der Waals surface area (Å²) in [4.78, 5) is 0. The Morgan fingerprint density at radius 3 is 2.76 bits per heavy atom. The topological polar surface area (TPSA) is 41.5 Å². The van der Waals surface area contributed by atoms with Crippen molar-refractivity contribution in [3.05, 3.63) is 58.6 Å². The third-order valence-corrected chi connectivity index (χ3v) is 3.52. The van der Waals surface area contributed by atoms with Gasteiger partial charge >= 0.3 is 0 Å². The Balaban J connectivity index is 2.01. The summed E-state index contributed by atoms with van der Waals surface area (Å²) in [5, 5.41) is 13.9. The number of phenols is 1. The molecular formula is C17H20ClNO2.